The van der Waals surface area contributed by atoms with Gasteiger partial charge in [0.1, 0.15) is 0 Å². The van der Waals surface area contributed by atoms with Crippen LogP contribution in [-0.4, -0.2) is 66.3 Å². The van der Waals surface area contributed by atoms with Crippen molar-refractivity contribution in [1.82, 2.24) is 14.7 Å². The molecule has 172 valence electrons. The largest absolute Gasteiger partial charge is 0.416 e. The van der Waals surface area contributed by atoms with Crippen LogP contribution in [0.15, 0.2) is 18.2 Å². The Labute approximate surface area is 175 Å². The molecule has 2 heterocycles. The standard InChI is InChI=1S/C20H23F6N3O2/c1-27-3-2-4-28(6-5-27)18(31)14-9-17(30)29(12-14)11-13-7-15(19(21,22)23)10-16(8-13)20(24,25)26/h7-8,10,14H,2-6,9,11-12H2,1H3. The number of nitrogens with zero attached hydrogens (tertiary/aromatic N) is 3. The van der Waals surface area contributed by atoms with Crippen molar-refractivity contribution in [2.45, 2.75) is 31.7 Å². The van der Waals surface area contributed by atoms with Crippen molar-refractivity contribution in [2.24, 2.45) is 5.92 Å². The molecule has 5 nitrogen and oxygen atoms in total. The predicted octanol–water partition coefficient (Wildman–Crippen LogP) is 3.24. The van der Waals surface area contributed by atoms with Gasteiger partial charge in [0.25, 0.3) is 0 Å². The highest BCUT2D eigenvalue weighted by molar-refractivity contribution is 5.89. The van der Waals surface area contributed by atoms with Crippen LogP contribution in [0, 0.1) is 5.92 Å². The fourth-order valence-electron chi connectivity index (χ4n) is 3.95. The molecule has 3 rings (SSSR count). The lowest BCUT2D eigenvalue weighted by Gasteiger charge is -2.24. The molecule has 2 amide bonds. The molecule has 2 aliphatic heterocycles. The highest BCUT2D eigenvalue weighted by Crippen LogP contribution is 2.37. The van der Waals surface area contributed by atoms with Crippen LogP contribution in [0.25, 0.3) is 0 Å². The normalized spacial score (nSPS) is 21.5. The van der Waals surface area contributed by atoms with Gasteiger partial charge in [-0.25, -0.2) is 0 Å². The molecule has 0 spiro atoms. The topological polar surface area (TPSA) is 43.9 Å². The average Bonchev–Trinajstić information content (AvgIpc) is 2.88. The Kier molecular flexibility index (Phi) is 6.54. The van der Waals surface area contributed by atoms with Crippen LogP contribution in [0.3, 0.4) is 0 Å². The summed E-state index contributed by atoms with van der Waals surface area (Å²) in [6.45, 7) is 2.16. The number of rotatable bonds is 3. The third kappa shape index (κ3) is 5.69. The summed E-state index contributed by atoms with van der Waals surface area (Å²) in [6, 6.07) is 1.28. The average molecular weight is 451 g/mol. The quantitative estimate of drug-likeness (QED) is 0.663. The molecule has 0 saturated carbocycles. The van der Waals surface area contributed by atoms with E-state index in [4.69, 9.17) is 0 Å². The Morgan fingerprint density at radius 1 is 0.968 bits per heavy atom. The fourth-order valence-corrected chi connectivity index (χ4v) is 3.95. The first kappa shape index (κ1) is 23.4. The summed E-state index contributed by atoms with van der Waals surface area (Å²) >= 11 is 0. The van der Waals surface area contributed by atoms with Crippen LogP contribution in [-0.2, 0) is 28.5 Å². The van der Waals surface area contributed by atoms with Gasteiger partial charge in [-0.3, -0.25) is 9.59 Å². The van der Waals surface area contributed by atoms with Gasteiger partial charge in [-0.15, -0.1) is 0 Å². The van der Waals surface area contributed by atoms with Gasteiger partial charge < -0.3 is 14.7 Å². The van der Waals surface area contributed by atoms with Crippen LogP contribution in [0.4, 0.5) is 26.3 Å². The molecule has 0 aromatic heterocycles. The van der Waals surface area contributed by atoms with Crippen LogP contribution >= 0.6 is 0 Å². The summed E-state index contributed by atoms with van der Waals surface area (Å²) in [5, 5.41) is 0. The molecule has 11 heteroatoms. The maximum atomic E-state index is 13.1. The predicted molar refractivity (Wildman–Crippen MR) is 98.7 cm³/mol. The Morgan fingerprint density at radius 2 is 1.58 bits per heavy atom. The highest BCUT2D eigenvalue weighted by Gasteiger charge is 2.39. The Bertz CT molecular complexity index is 807. The van der Waals surface area contributed by atoms with Gasteiger partial charge in [0.15, 0.2) is 0 Å². The van der Waals surface area contributed by atoms with Crippen molar-refractivity contribution < 1.29 is 35.9 Å². The van der Waals surface area contributed by atoms with Crippen molar-refractivity contribution in [3.63, 3.8) is 0 Å². The molecule has 1 aromatic rings. The number of carbonyl (C=O) groups is 2. The van der Waals surface area contributed by atoms with Gasteiger partial charge in [-0.2, -0.15) is 26.3 Å². The van der Waals surface area contributed by atoms with Gasteiger partial charge in [-0.05, 0) is 43.8 Å². The minimum atomic E-state index is -4.95. The zero-order valence-corrected chi connectivity index (χ0v) is 16.9. The van der Waals surface area contributed by atoms with E-state index in [9.17, 15) is 35.9 Å². The van der Waals surface area contributed by atoms with E-state index in [1.54, 1.807) is 4.90 Å². The summed E-state index contributed by atoms with van der Waals surface area (Å²) in [4.78, 5) is 30.1. The summed E-state index contributed by atoms with van der Waals surface area (Å²) in [7, 11) is 1.94. The number of benzene rings is 1. The first-order valence-corrected chi connectivity index (χ1v) is 9.88. The molecular formula is C20H23F6N3O2. The third-order valence-electron chi connectivity index (χ3n) is 5.62. The van der Waals surface area contributed by atoms with Crippen molar-refractivity contribution >= 4 is 11.8 Å². The Balaban J connectivity index is 1.74. The molecule has 1 aromatic carbocycles. The SMILES string of the molecule is CN1CCCN(C(=O)C2CC(=O)N(Cc3cc(C(F)(F)F)cc(C(F)(F)F)c3)C2)CC1. The minimum Gasteiger partial charge on any atom is -0.341 e. The number of amides is 2. The molecular weight excluding hydrogens is 428 g/mol. The van der Waals surface area contributed by atoms with Crippen LogP contribution in [0.5, 0.6) is 0 Å². The number of alkyl halides is 6. The van der Waals surface area contributed by atoms with Crippen LogP contribution < -0.4 is 0 Å². The van der Waals surface area contributed by atoms with E-state index < -0.39 is 41.8 Å². The first-order chi connectivity index (χ1) is 14.3. The van der Waals surface area contributed by atoms with E-state index in [1.807, 2.05) is 7.05 Å². The molecule has 2 aliphatic rings. The molecule has 31 heavy (non-hydrogen) atoms. The van der Waals surface area contributed by atoms with Crippen molar-refractivity contribution in [3.8, 4) is 0 Å². The summed E-state index contributed by atoms with van der Waals surface area (Å²) in [5.41, 5.74) is -3.13. The van der Waals surface area contributed by atoms with Gasteiger partial charge >= 0.3 is 12.4 Å². The van der Waals surface area contributed by atoms with E-state index in [-0.39, 0.29) is 30.5 Å². The summed E-state index contributed by atoms with van der Waals surface area (Å²) in [5.74, 6) is -1.31. The molecule has 0 bridgehead atoms. The van der Waals surface area contributed by atoms with E-state index >= 15 is 0 Å². The van der Waals surface area contributed by atoms with Crippen molar-refractivity contribution in [3.05, 3.63) is 34.9 Å². The van der Waals surface area contributed by atoms with E-state index in [1.165, 1.54) is 0 Å². The second-order valence-electron chi connectivity index (χ2n) is 8.07. The maximum Gasteiger partial charge on any atom is 0.416 e. The Hall–Kier alpha value is -2.30. The molecule has 0 aliphatic carbocycles. The number of hydrogen-bond acceptors (Lipinski definition) is 3. The summed E-state index contributed by atoms with van der Waals surface area (Å²) in [6.07, 6.45) is -9.22. The van der Waals surface area contributed by atoms with E-state index in [2.05, 4.69) is 4.90 Å². The van der Waals surface area contributed by atoms with Gasteiger partial charge in [0.2, 0.25) is 11.8 Å². The number of halogens is 6. The van der Waals surface area contributed by atoms with E-state index in [0.29, 0.717) is 31.8 Å². The number of likely N-dealkylation sites (N-methyl/N-ethyl adjacent to an activating group) is 1. The zero-order chi connectivity index (χ0) is 23.0. The number of likely N-dealkylation sites (tertiary alicyclic amines) is 1. The van der Waals surface area contributed by atoms with Gasteiger partial charge in [0, 0.05) is 39.1 Å². The Morgan fingerprint density at radius 3 is 2.16 bits per heavy atom. The minimum absolute atomic E-state index is 0.0262. The zero-order valence-electron chi connectivity index (χ0n) is 16.9. The second-order valence-corrected chi connectivity index (χ2v) is 8.07. The smallest absolute Gasteiger partial charge is 0.341 e. The lowest BCUT2D eigenvalue weighted by molar-refractivity contribution is -0.143. The fraction of sp³-hybridized carbons (Fsp3) is 0.600. The lowest BCUT2D eigenvalue weighted by atomic mass is 10.0. The van der Waals surface area contributed by atoms with Crippen LogP contribution in [0.1, 0.15) is 29.5 Å². The molecule has 0 N–H and O–H groups in total. The van der Waals surface area contributed by atoms with Gasteiger partial charge in [0.05, 0.1) is 17.0 Å². The monoisotopic (exact) mass is 451 g/mol. The van der Waals surface area contributed by atoms with Gasteiger partial charge in [-0.1, -0.05) is 0 Å². The molecule has 0 radical (unpaired) electrons. The molecule has 1 unspecified atom stereocenters. The van der Waals surface area contributed by atoms with Crippen molar-refractivity contribution in [2.75, 3.05) is 39.8 Å². The molecule has 2 fully saturated rings. The lowest BCUT2D eigenvalue weighted by Crippen LogP contribution is -2.39. The first-order valence-electron chi connectivity index (χ1n) is 9.88. The van der Waals surface area contributed by atoms with E-state index in [0.717, 1.165) is 17.9 Å². The second kappa shape index (κ2) is 8.68. The number of carbonyl (C=O) groups excluding carboxylic acids is 2. The molecule has 1 atom stereocenters. The van der Waals surface area contributed by atoms with Crippen LogP contribution in [0.2, 0.25) is 0 Å². The number of hydrogen-bond donors (Lipinski definition) is 0. The maximum absolute atomic E-state index is 13.1. The molecule has 2 saturated heterocycles. The summed E-state index contributed by atoms with van der Waals surface area (Å²) < 4.78 is 78.4. The highest BCUT2D eigenvalue weighted by atomic mass is 19.4. The third-order valence-corrected chi connectivity index (χ3v) is 5.62. The van der Waals surface area contributed by atoms with Crippen molar-refractivity contribution in [1.29, 1.82) is 0 Å².